The first-order valence-electron chi connectivity index (χ1n) is 4.65. The van der Waals surface area contributed by atoms with E-state index in [1.807, 2.05) is 0 Å². The highest BCUT2D eigenvalue weighted by atomic mass is 32.2. The molecule has 0 bridgehead atoms. The molecule has 0 spiro atoms. The fraction of sp³-hybridized carbons (Fsp3) is 0.222. The maximum absolute atomic E-state index is 12.1. The van der Waals surface area contributed by atoms with Gasteiger partial charge >= 0.3 is 12.4 Å². The fourth-order valence-electron chi connectivity index (χ4n) is 0.991. The molecule has 0 aliphatic heterocycles. The summed E-state index contributed by atoms with van der Waals surface area (Å²) in [5, 5.41) is 10.3. The Hall–Kier alpha value is -1.78. The molecule has 0 aliphatic rings. The Balaban J connectivity index is 2.96. The van der Waals surface area contributed by atoms with Crippen LogP contribution in [0.5, 0.6) is 0 Å². The largest absolute Gasteiger partial charge is 0.439 e. The molecule has 0 fully saturated rings. The lowest BCUT2D eigenvalue weighted by Crippen LogP contribution is -2.36. The summed E-state index contributed by atoms with van der Waals surface area (Å²) in [5.74, 6) is 0. The molecule has 0 amide bonds. The van der Waals surface area contributed by atoms with Crippen LogP contribution in [0.4, 0.5) is 32.0 Å². The first kappa shape index (κ1) is 16.3. The highest BCUT2D eigenvalue weighted by Gasteiger charge is 2.53. The molecule has 1 rings (SSSR count). The summed E-state index contributed by atoms with van der Waals surface area (Å²) in [6.45, 7) is 0. The van der Waals surface area contributed by atoms with E-state index in [-0.39, 0.29) is 22.5 Å². The van der Waals surface area contributed by atoms with Crippen LogP contribution in [-0.2, 0) is 0 Å². The fourth-order valence-corrected chi connectivity index (χ4v) is 1.65. The molecule has 0 atom stereocenters. The normalized spacial score (nSPS) is 12.1. The summed E-state index contributed by atoms with van der Waals surface area (Å²) >= 11 is -0.0719. The quantitative estimate of drug-likeness (QED) is 0.276. The van der Waals surface area contributed by atoms with Crippen molar-refractivity contribution in [1.29, 1.82) is 0 Å². The van der Waals surface area contributed by atoms with Crippen LogP contribution < -0.4 is 0 Å². The van der Waals surface area contributed by atoms with Gasteiger partial charge in [-0.1, -0.05) is 0 Å². The predicted octanol–water partition coefficient (Wildman–Crippen LogP) is 4.17. The van der Waals surface area contributed by atoms with Crippen molar-refractivity contribution in [2.24, 2.45) is 4.40 Å². The van der Waals surface area contributed by atoms with E-state index in [4.69, 9.17) is 0 Å². The number of hydrogen-bond donors (Lipinski definition) is 0. The summed E-state index contributed by atoms with van der Waals surface area (Å²) in [6.07, 6.45) is -11.3. The second-order valence-electron chi connectivity index (χ2n) is 3.28. The molecule has 0 saturated heterocycles. The van der Waals surface area contributed by atoms with E-state index in [1.54, 1.807) is 0 Å². The van der Waals surface area contributed by atoms with Crippen LogP contribution in [0.15, 0.2) is 33.6 Å². The summed E-state index contributed by atoms with van der Waals surface area (Å²) in [6, 6.07) is 3.88. The summed E-state index contributed by atoms with van der Waals surface area (Å²) < 4.78 is 75.2. The molecule has 0 heterocycles. The molecule has 20 heavy (non-hydrogen) atoms. The summed E-state index contributed by atoms with van der Waals surface area (Å²) in [7, 11) is 0. The van der Waals surface area contributed by atoms with Crippen molar-refractivity contribution in [3.05, 3.63) is 34.4 Å². The molecule has 0 saturated carbocycles. The van der Waals surface area contributed by atoms with Crippen LogP contribution >= 0.6 is 11.9 Å². The molecule has 110 valence electrons. The zero-order valence-electron chi connectivity index (χ0n) is 9.20. The van der Waals surface area contributed by atoms with E-state index in [0.717, 1.165) is 24.3 Å². The van der Waals surface area contributed by atoms with E-state index >= 15 is 0 Å². The molecule has 11 heteroatoms. The van der Waals surface area contributed by atoms with E-state index in [0.29, 0.717) is 0 Å². The highest BCUT2D eigenvalue weighted by Crippen LogP contribution is 2.33. The molecule has 1 aromatic rings. The van der Waals surface area contributed by atoms with Gasteiger partial charge in [-0.15, -0.1) is 0 Å². The third-order valence-corrected chi connectivity index (χ3v) is 2.58. The van der Waals surface area contributed by atoms with E-state index < -0.39 is 23.0 Å². The van der Waals surface area contributed by atoms with Gasteiger partial charge in [-0.3, -0.25) is 10.1 Å². The van der Waals surface area contributed by atoms with Gasteiger partial charge in [0.25, 0.3) is 5.69 Å². The molecule has 0 radical (unpaired) electrons. The van der Waals surface area contributed by atoms with Gasteiger partial charge in [0.2, 0.25) is 5.71 Å². The summed E-state index contributed by atoms with van der Waals surface area (Å²) in [4.78, 5) is 9.46. The van der Waals surface area contributed by atoms with Crippen LogP contribution in [0.25, 0.3) is 0 Å². The standard InChI is InChI=1S/C9H4F6N2O2S/c10-8(11,12)7(9(13,14)15)16-20-6-3-1-5(2-4-6)17(18)19/h1-4H. The van der Waals surface area contributed by atoms with Crippen molar-refractivity contribution in [2.75, 3.05) is 0 Å². The average molecular weight is 318 g/mol. The minimum Gasteiger partial charge on any atom is -0.258 e. The molecule has 1 aromatic carbocycles. The summed E-state index contributed by atoms with van der Waals surface area (Å²) in [5.41, 5.74) is -3.22. The molecule has 0 N–H and O–H groups in total. The topological polar surface area (TPSA) is 55.5 Å². The predicted molar refractivity (Wildman–Crippen MR) is 58.5 cm³/mol. The first-order valence-corrected chi connectivity index (χ1v) is 5.43. The van der Waals surface area contributed by atoms with Crippen LogP contribution in [-0.4, -0.2) is 23.0 Å². The Morgan fingerprint density at radius 3 is 1.85 bits per heavy atom. The molecule has 0 aromatic heterocycles. The molecule has 0 unspecified atom stereocenters. The van der Waals surface area contributed by atoms with Crippen LogP contribution in [0.3, 0.4) is 0 Å². The third-order valence-electron chi connectivity index (χ3n) is 1.83. The van der Waals surface area contributed by atoms with Gasteiger partial charge in [-0.05, 0) is 12.1 Å². The molecular formula is C9H4F6N2O2S. The second kappa shape index (κ2) is 5.69. The number of nitrogens with zero attached hydrogens (tertiary/aromatic N) is 2. The zero-order valence-corrected chi connectivity index (χ0v) is 10.0. The third kappa shape index (κ3) is 4.40. The van der Waals surface area contributed by atoms with Crippen LogP contribution in [0.2, 0.25) is 0 Å². The molecule has 4 nitrogen and oxygen atoms in total. The van der Waals surface area contributed by atoms with Gasteiger partial charge in [0.05, 0.1) is 4.92 Å². The highest BCUT2D eigenvalue weighted by molar-refractivity contribution is 7.98. The van der Waals surface area contributed by atoms with Crippen molar-refractivity contribution in [1.82, 2.24) is 0 Å². The number of alkyl halides is 6. The van der Waals surface area contributed by atoms with Crippen molar-refractivity contribution in [3.63, 3.8) is 0 Å². The van der Waals surface area contributed by atoms with E-state index in [2.05, 4.69) is 4.40 Å². The first-order chi connectivity index (χ1) is 9.01. The van der Waals surface area contributed by atoms with Gasteiger partial charge in [0.15, 0.2) is 0 Å². The lowest BCUT2D eigenvalue weighted by atomic mass is 10.3. The van der Waals surface area contributed by atoms with Gasteiger partial charge in [0.1, 0.15) is 0 Å². The number of benzene rings is 1. The second-order valence-corrected chi connectivity index (χ2v) is 4.11. The lowest BCUT2D eigenvalue weighted by molar-refractivity contribution is -0.384. The Morgan fingerprint density at radius 2 is 1.50 bits per heavy atom. The smallest absolute Gasteiger partial charge is 0.258 e. The Labute approximate surface area is 111 Å². The molecular weight excluding hydrogens is 314 g/mol. The van der Waals surface area contributed by atoms with Gasteiger partial charge in [-0.25, -0.2) is 4.40 Å². The van der Waals surface area contributed by atoms with E-state index in [1.165, 1.54) is 0 Å². The zero-order chi connectivity index (χ0) is 15.6. The van der Waals surface area contributed by atoms with Crippen LogP contribution in [0.1, 0.15) is 0 Å². The monoisotopic (exact) mass is 318 g/mol. The van der Waals surface area contributed by atoms with Crippen molar-refractivity contribution < 1.29 is 31.3 Å². The number of hydrogen-bond acceptors (Lipinski definition) is 4. The van der Waals surface area contributed by atoms with Gasteiger partial charge < -0.3 is 0 Å². The molecule has 0 aliphatic carbocycles. The number of rotatable bonds is 3. The maximum Gasteiger partial charge on any atom is 0.439 e. The van der Waals surface area contributed by atoms with E-state index in [9.17, 15) is 36.5 Å². The SMILES string of the molecule is O=[N+]([O-])c1ccc(SN=C(C(F)(F)F)C(F)(F)F)cc1. The van der Waals surface area contributed by atoms with Crippen molar-refractivity contribution in [3.8, 4) is 0 Å². The van der Waals surface area contributed by atoms with Crippen molar-refractivity contribution in [2.45, 2.75) is 17.2 Å². The number of non-ortho nitro benzene ring substituents is 1. The van der Waals surface area contributed by atoms with Crippen molar-refractivity contribution >= 4 is 23.3 Å². The maximum atomic E-state index is 12.1. The Kier molecular flexibility index (Phi) is 4.63. The van der Waals surface area contributed by atoms with Crippen LogP contribution in [0, 0.1) is 10.1 Å². The van der Waals surface area contributed by atoms with Gasteiger partial charge in [0, 0.05) is 29.0 Å². The lowest BCUT2D eigenvalue weighted by Gasteiger charge is -2.12. The number of nitro groups is 1. The minimum atomic E-state index is -5.63. The Morgan fingerprint density at radius 1 is 1.05 bits per heavy atom. The van der Waals surface area contributed by atoms with Gasteiger partial charge in [-0.2, -0.15) is 26.3 Å². The number of nitro benzene ring substituents is 1. The minimum absolute atomic E-state index is 0.0719. The number of halogens is 6. The Bertz CT molecular complexity index is 507. The average Bonchev–Trinajstić information content (AvgIpc) is 2.26.